The van der Waals surface area contributed by atoms with Crippen LogP contribution in [0.2, 0.25) is 0 Å². The monoisotopic (exact) mass is 777 g/mol. The van der Waals surface area contributed by atoms with Gasteiger partial charge in [-0.15, -0.1) is 0 Å². The van der Waals surface area contributed by atoms with Gasteiger partial charge in [0, 0.05) is 36.3 Å². The minimum atomic E-state index is -0.501. The van der Waals surface area contributed by atoms with E-state index >= 15 is 0 Å². The van der Waals surface area contributed by atoms with Crippen LogP contribution < -0.4 is 10.6 Å². The molecule has 2 saturated carbocycles. The molecule has 4 unspecified atom stereocenters. The van der Waals surface area contributed by atoms with E-state index in [1.54, 1.807) is 22.4 Å². The van der Waals surface area contributed by atoms with E-state index in [4.69, 9.17) is 0 Å². The SMILES string of the molecule is C=Cc1ccccc1.C[C-]1CCCC1[PH+](c1ccccc1)C(C)(C)C.C[C-]1CCCC1[PH+](c1ccccc1)C(C)(C)C.[CH3-].[Fe+2].[Pd]. The van der Waals surface area contributed by atoms with Gasteiger partial charge in [0.15, 0.2) is 0 Å². The third-order valence-corrected chi connectivity index (χ3v) is 16.9. The van der Waals surface area contributed by atoms with Gasteiger partial charge in [-0.25, -0.2) is 0 Å². The van der Waals surface area contributed by atoms with Gasteiger partial charge in [0.05, 0.1) is 20.9 Å². The molecule has 2 fully saturated rings. The van der Waals surface area contributed by atoms with E-state index in [1.807, 2.05) is 36.4 Å². The molecule has 0 saturated heterocycles. The van der Waals surface area contributed by atoms with Crippen molar-refractivity contribution in [2.75, 3.05) is 0 Å². The van der Waals surface area contributed by atoms with Gasteiger partial charge in [0.2, 0.25) is 0 Å². The average Bonchev–Trinajstić information content (AvgIpc) is 3.57. The maximum absolute atomic E-state index is 3.63. The number of hydrogen-bond donors (Lipinski definition) is 0. The molecule has 0 bridgehead atoms. The van der Waals surface area contributed by atoms with Crippen molar-refractivity contribution in [3.05, 3.63) is 122 Å². The first kappa shape index (κ1) is 44.4. The van der Waals surface area contributed by atoms with E-state index in [1.165, 1.54) is 44.1 Å². The molecule has 0 radical (unpaired) electrons. The molecule has 0 aromatic heterocycles. The van der Waals surface area contributed by atoms with Gasteiger partial charge in [-0.2, -0.15) is 26.7 Å². The number of benzene rings is 3. The summed E-state index contributed by atoms with van der Waals surface area (Å²) >= 11 is 0. The predicted octanol–water partition coefficient (Wildman–Crippen LogP) is 11.7. The Morgan fingerprint density at radius 2 is 0.933 bits per heavy atom. The van der Waals surface area contributed by atoms with Crippen LogP contribution in [0.4, 0.5) is 0 Å². The van der Waals surface area contributed by atoms with Crippen LogP contribution >= 0.6 is 15.8 Å². The van der Waals surface area contributed by atoms with E-state index in [2.05, 4.69) is 123 Å². The third kappa shape index (κ3) is 13.8. The van der Waals surface area contributed by atoms with Crippen molar-refractivity contribution in [3.8, 4) is 0 Å². The van der Waals surface area contributed by atoms with Crippen LogP contribution in [0.1, 0.15) is 99.5 Å². The Balaban J connectivity index is 0.000000661. The molecule has 45 heavy (non-hydrogen) atoms. The van der Waals surface area contributed by atoms with Crippen LogP contribution in [-0.2, 0) is 37.5 Å². The van der Waals surface area contributed by atoms with E-state index in [0.717, 1.165) is 11.3 Å². The third-order valence-electron chi connectivity index (χ3n) is 8.84. The molecule has 2 aliphatic carbocycles. The fourth-order valence-electron chi connectivity index (χ4n) is 6.93. The summed E-state index contributed by atoms with van der Waals surface area (Å²) in [5.41, 5.74) is 2.96. The van der Waals surface area contributed by atoms with Gasteiger partial charge in [-0.3, -0.25) is 11.8 Å². The van der Waals surface area contributed by atoms with Crippen LogP contribution in [0.5, 0.6) is 0 Å². The van der Waals surface area contributed by atoms with Crippen molar-refractivity contribution in [2.24, 2.45) is 0 Å². The second-order valence-electron chi connectivity index (χ2n) is 14.3. The summed E-state index contributed by atoms with van der Waals surface area (Å²) < 4.78 is 0. The summed E-state index contributed by atoms with van der Waals surface area (Å²) in [7, 11) is -1.00. The molecular formula is C41H61FeP2Pd+. The Morgan fingerprint density at radius 3 is 1.16 bits per heavy atom. The molecule has 0 amide bonds. The molecule has 0 N–H and O–H groups in total. The normalized spacial score (nSPS) is 19.6. The summed E-state index contributed by atoms with van der Waals surface area (Å²) in [5.74, 6) is 3.52. The van der Waals surface area contributed by atoms with Gasteiger partial charge in [-0.1, -0.05) is 92.2 Å². The van der Waals surface area contributed by atoms with E-state index < -0.39 is 15.8 Å². The molecule has 3 aromatic carbocycles. The Bertz CT molecular complexity index is 1100. The molecular weight excluding hydrogens is 717 g/mol. The molecule has 0 nitrogen and oxygen atoms in total. The minimum absolute atomic E-state index is 0. The van der Waals surface area contributed by atoms with Crippen molar-refractivity contribution in [2.45, 2.75) is 116 Å². The van der Waals surface area contributed by atoms with Crippen molar-refractivity contribution in [1.29, 1.82) is 0 Å². The van der Waals surface area contributed by atoms with Crippen LogP contribution in [0.15, 0.2) is 97.6 Å². The first-order valence-corrected chi connectivity index (χ1v) is 19.3. The van der Waals surface area contributed by atoms with Crippen molar-refractivity contribution < 1.29 is 37.5 Å². The Labute approximate surface area is 306 Å². The van der Waals surface area contributed by atoms with Gasteiger partial charge in [-0.05, 0) is 95.5 Å². The summed E-state index contributed by atoms with van der Waals surface area (Å²) in [6.07, 6.45) is 10.2. The van der Waals surface area contributed by atoms with Crippen LogP contribution in [0, 0.1) is 19.3 Å². The molecule has 4 heteroatoms. The largest absolute Gasteiger partial charge is 2.00 e. The zero-order valence-corrected chi connectivity index (χ0v) is 34.2. The molecule has 0 heterocycles. The van der Waals surface area contributed by atoms with Gasteiger partial charge < -0.3 is 7.43 Å². The fraction of sp³-hybridized carbons (Fsp3) is 0.439. The molecule has 2 aliphatic rings. The first-order valence-electron chi connectivity index (χ1n) is 16.1. The molecule has 4 atom stereocenters. The maximum atomic E-state index is 3.63. The van der Waals surface area contributed by atoms with E-state index in [-0.39, 0.29) is 44.9 Å². The Hall–Kier alpha value is -0.558. The number of hydrogen-bond acceptors (Lipinski definition) is 0. The topological polar surface area (TPSA) is 0 Å². The summed E-state index contributed by atoms with van der Waals surface area (Å²) in [6.45, 7) is 23.0. The van der Waals surface area contributed by atoms with Gasteiger partial charge >= 0.3 is 17.1 Å². The second-order valence-corrected chi connectivity index (χ2v) is 21.5. The smallest absolute Gasteiger partial charge is 0.358 e. The Kier molecular flexibility index (Phi) is 21.2. The fourth-order valence-corrected chi connectivity index (χ4v) is 14.9. The predicted molar refractivity (Wildman–Crippen MR) is 204 cm³/mol. The van der Waals surface area contributed by atoms with Gasteiger partial charge in [0.25, 0.3) is 0 Å². The van der Waals surface area contributed by atoms with Crippen molar-refractivity contribution in [1.82, 2.24) is 0 Å². The van der Waals surface area contributed by atoms with Crippen LogP contribution in [0.3, 0.4) is 0 Å². The number of rotatable bonds is 5. The molecule has 252 valence electrons. The zero-order valence-electron chi connectivity index (χ0n) is 29.5. The van der Waals surface area contributed by atoms with Crippen molar-refractivity contribution in [3.63, 3.8) is 0 Å². The summed E-state index contributed by atoms with van der Waals surface area (Å²) in [5, 5.41) is 4.14. The minimum Gasteiger partial charge on any atom is -0.358 e. The summed E-state index contributed by atoms with van der Waals surface area (Å²) in [6, 6.07) is 32.5. The molecule has 3 aromatic rings. The van der Waals surface area contributed by atoms with Gasteiger partial charge in [0.1, 0.15) is 0 Å². The molecule has 5 rings (SSSR count). The van der Waals surface area contributed by atoms with Crippen LogP contribution in [-0.4, -0.2) is 21.6 Å². The van der Waals surface area contributed by atoms with Crippen molar-refractivity contribution >= 4 is 32.5 Å². The first-order chi connectivity index (χ1) is 19.9. The quantitative estimate of drug-likeness (QED) is 0.138. The summed E-state index contributed by atoms with van der Waals surface area (Å²) in [4.78, 5) is 0. The second kappa shape index (κ2) is 21.4. The van der Waals surface area contributed by atoms with E-state index in [0.29, 0.717) is 10.3 Å². The molecule has 0 aliphatic heterocycles. The van der Waals surface area contributed by atoms with E-state index in [9.17, 15) is 0 Å². The Morgan fingerprint density at radius 1 is 0.622 bits per heavy atom. The maximum Gasteiger partial charge on any atom is 2.00 e. The molecule has 0 spiro atoms. The zero-order chi connectivity index (χ0) is 30.8. The van der Waals surface area contributed by atoms with Crippen LogP contribution in [0.25, 0.3) is 6.08 Å². The standard InChI is InChI=1S/2C16H24P.C8H8.CH3.Fe.Pd/c2*1-13-9-8-12-15(13)17(16(2,3)4)14-10-6-5-7-11-14;1-2-8-6-4-3-5-7-8;;;/h2*5-7,10-11,15H,8-9,12H2,1-4H3;2-7H,1H2;1H3;;/q2*-1;;-1;+2;/p+2. The average molecular weight is 778 g/mol.